The fourth-order valence-corrected chi connectivity index (χ4v) is 1.93. The van der Waals surface area contributed by atoms with Crippen LogP contribution in [0.25, 0.3) is 11.1 Å². The zero-order chi connectivity index (χ0) is 16.7. The van der Waals surface area contributed by atoms with E-state index in [1.807, 2.05) is 26.0 Å². The van der Waals surface area contributed by atoms with E-state index in [1.165, 1.54) is 6.33 Å². The van der Waals surface area contributed by atoms with Crippen LogP contribution in [0.1, 0.15) is 24.2 Å². The third-order valence-corrected chi connectivity index (χ3v) is 3.28. The molecule has 6 heteroatoms. The Labute approximate surface area is 135 Å². The maximum Gasteiger partial charge on any atom is 0.251 e. The molecular weight excluding hydrogens is 292 g/mol. The van der Waals surface area contributed by atoms with Crippen molar-refractivity contribution >= 4 is 11.8 Å². The van der Waals surface area contributed by atoms with Crippen molar-refractivity contribution in [1.29, 1.82) is 0 Å². The number of hydrogen-bond acceptors (Lipinski definition) is 4. The van der Waals surface area contributed by atoms with Crippen molar-refractivity contribution in [2.45, 2.75) is 13.8 Å². The number of carbonyl (C=O) groups is 2. The molecule has 6 nitrogen and oxygen atoms in total. The first-order chi connectivity index (χ1) is 11.1. The molecule has 0 spiro atoms. The third kappa shape index (κ3) is 4.88. The van der Waals surface area contributed by atoms with Gasteiger partial charge in [-0.3, -0.25) is 9.59 Å². The number of hydrogen-bond donors (Lipinski definition) is 2. The van der Waals surface area contributed by atoms with Crippen LogP contribution in [0.4, 0.5) is 0 Å². The topological polar surface area (TPSA) is 84.0 Å². The van der Waals surface area contributed by atoms with Crippen LogP contribution < -0.4 is 10.6 Å². The van der Waals surface area contributed by atoms with Gasteiger partial charge in [-0.25, -0.2) is 9.97 Å². The van der Waals surface area contributed by atoms with E-state index in [1.54, 1.807) is 24.5 Å². The lowest BCUT2D eigenvalue weighted by Gasteiger charge is -2.09. The summed E-state index contributed by atoms with van der Waals surface area (Å²) in [6, 6.07) is 7.22. The third-order valence-electron chi connectivity index (χ3n) is 3.28. The van der Waals surface area contributed by atoms with Crippen LogP contribution in [0.2, 0.25) is 0 Å². The molecule has 0 atom stereocenters. The molecule has 2 aromatic rings. The molecule has 0 aliphatic heterocycles. The van der Waals surface area contributed by atoms with Gasteiger partial charge in [0.2, 0.25) is 5.91 Å². The van der Waals surface area contributed by atoms with E-state index in [9.17, 15) is 9.59 Å². The van der Waals surface area contributed by atoms with Crippen molar-refractivity contribution in [3.63, 3.8) is 0 Å². The second kappa shape index (κ2) is 8.03. The van der Waals surface area contributed by atoms with Crippen molar-refractivity contribution in [2.75, 3.05) is 13.1 Å². The molecule has 1 heterocycles. The maximum atomic E-state index is 12.0. The second-order valence-corrected chi connectivity index (χ2v) is 5.41. The highest BCUT2D eigenvalue weighted by molar-refractivity contribution is 5.94. The lowest BCUT2D eigenvalue weighted by molar-refractivity contribution is -0.123. The molecule has 0 aliphatic rings. The quantitative estimate of drug-likeness (QED) is 0.794. The van der Waals surface area contributed by atoms with E-state index in [-0.39, 0.29) is 17.7 Å². The van der Waals surface area contributed by atoms with Gasteiger partial charge in [0.1, 0.15) is 6.33 Å². The van der Waals surface area contributed by atoms with Gasteiger partial charge in [0.15, 0.2) is 0 Å². The Morgan fingerprint density at radius 2 is 1.57 bits per heavy atom. The molecular formula is C17H20N4O2. The Kier molecular flexibility index (Phi) is 5.80. The van der Waals surface area contributed by atoms with E-state index in [0.29, 0.717) is 18.7 Å². The van der Waals surface area contributed by atoms with Crippen molar-refractivity contribution in [3.05, 3.63) is 48.5 Å². The molecule has 1 aromatic heterocycles. The monoisotopic (exact) mass is 312 g/mol. The van der Waals surface area contributed by atoms with E-state index in [2.05, 4.69) is 20.6 Å². The fraction of sp³-hybridized carbons (Fsp3) is 0.294. The van der Waals surface area contributed by atoms with Gasteiger partial charge < -0.3 is 10.6 Å². The molecule has 0 aliphatic carbocycles. The van der Waals surface area contributed by atoms with Crippen molar-refractivity contribution in [1.82, 2.24) is 20.6 Å². The Hall–Kier alpha value is -2.76. The van der Waals surface area contributed by atoms with Crippen molar-refractivity contribution in [2.24, 2.45) is 5.92 Å². The number of amides is 2. The zero-order valence-corrected chi connectivity index (χ0v) is 13.2. The van der Waals surface area contributed by atoms with Crippen LogP contribution in [-0.2, 0) is 4.79 Å². The molecule has 2 amide bonds. The largest absolute Gasteiger partial charge is 0.354 e. The highest BCUT2D eigenvalue weighted by Crippen LogP contribution is 2.17. The predicted octanol–water partition coefficient (Wildman–Crippen LogP) is 1.65. The Balaban J connectivity index is 1.85. The molecule has 0 radical (unpaired) electrons. The summed E-state index contributed by atoms with van der Waals surface area (Å²) in [4.78, 5) is 31.4. The van der Waals surface area contributed by atoms with Gasteiger partial charge in [-0.2, -0.15) is 0 Å². The standard InChI is InChI=1S/C17H20N4O2/c1-12(2)16(22)20-7-8-21-17(23)14-5-3-13(4-6-14)15-9-18-11-19-10-15/h3-6,9-12H,7-8H2,1-2H3,(H,20,22)(H,21,23). The summed E-state index contributed by atoms with van der Waals surface area (Å²) < 4.78 is 0. The number of rotatable bonds is 6. The van der Waals surface area contributed by atoms with Crippen LogP contribution in [0.3, 0.4) is 0 Å². The van der Waals surface area contributed by atoms with Crippen molar-refractivity contribution in [3.8, 4) is 11.1 Å². The van der Waals surface area contributed by atoms with Gasteiger partial charge in [0.25, 0.3) is 5.91 Å². The number of nitrogens with zero attached hydrogens (tertiary/aromatic N) is 2. The van der Waals surface area contributed by atoms with E-state index in [4.69, 9.17) is 0 Å². The highest BCUT2D eigenvalue weighted by Gasteiger charge is 2.07. The van der Waals surface area contributed by atoms with Crippen LogP contribution >= 0.6 is 0 Å². The minimum Gasteiger partial charge on any atom is -0.354 e. The molecule has 0 bridgehead atoms. The Morgan fingerprint density at radius 3 is 2.17 bits per heavy atom. The number of nitrogens with one attached hydrogen (secondary N) is 2. The van der Waals surface area contributed by atoms with Crippen LogP contribution in [0.5, 0.6) is 0 Å². The van der Waals surface area contributed by atoms with Gasteiger partial charge in [-0.05, 0) is 17.7 Å². The zero-order valence-electron chi connectivity index (χ0n) is 13.2. The summed E-state index contributed by atoms with van der Waals surface area (Å²) in [5.41, 5.74) is 2.42. The lowest BCUT2D eigenvalue weighted by Crippen LogP contribution is -2.36. The highest BCUT2D eigenvalue weighted by atomic mass is 16.2. The Morgan fingerprint density at radius 1 is 0.957 bits per heavy atom. The molecule has 0 saturated heterocycles. The average Bonchev–Trinajstić information content (AvgIpc) is 2.59. The van der Waals surface area contributed by atoms with Gasteiger partial charge in [-0.15, -0.1) is 0 Å². The first-order valence-electron chi connectivity index (χ1n) is 7.49. The minimum absolute atomic E-state index is 0.0197. The maximum absolute atomic E-state index is 12.0. The fourth-order valence-electron chi connectivity index (χ4n) is 1.93. The smallest absolute Gasteiger partial charge is 0.251 e. The van der Waals surface area contributed by atoms with Gasteiger partial charge in [0.05, 0.1) is 0 Å². The second-order valence-electron chi connectivity index (χ2n) is 5.41. The first-order valence-corrected chi connectivity index (χ1v) is 7.49. The minimum atomic E-state index is -0.167. The number of carbonyl (C=O) groups excluding carboxylic acids is 2. The average molecular weight is 312 g/mol. The lowest BCUT2D eigenvalue weighted by atomic mass is 10.1. The molecule has 120 valence electrons. The van der Waals surface area contributed by atoms with E-state index >= 15 is 0 Å². The summed E-state index contributed by atoms with van der Waals surface area (Å²) in [6.45, 7) is 4.47. The summed E-state index contributed by atoms with van der Waals surface area (Å²) in [6.07, 6.45) is 4.92. The molecule has 0 fully saturated rings. The summed E-state index contributed by atoms with van der Waals surface area (Å²) >= 11 is 0. The molecule has 1 aromatic carbocycles. The van der Waals surface area contributed by atoms with E-state index in [0.717, 1.165) is 11.1 Å². The summed E-state index contributed by atoms with van der Waals surface area (Å²) in [5.74, 6) is -0.242. The molecule has 2 rings (SSSR count). The predicted molar refractivity (Wildman–Crippen MR) is 87.6 cm³/mol. The number of benzene rings is 1. The van der Waals surface area contributed by atoms with Gasteiger partial charge in [-0.1, -0.05) is 26.0 Å². The molecule has 0 unspecified atom stereocenters. The van der Waals surface area contributed by atoms with Gasteiger partial charge in [0, 0.05) is 42.5 Å². The summed E-state index contributed by atoms with van der Waals surface area (Å²) in [7, 11) is 0. The normalized spacial score (nSPS) is 10.4. The van der Waals surface area contributed by atoms with Crippen molar-refractivity contribution < 1.29 is 9.59 Å². The summed E-state index contributed by atoms with van der Waals surface area (Å²) in [5, 5.41) is 5.53. The number of aromatic nitrogens is 2. The van der Waals surface area contributed by atoms with E-state index < -0.39 is 0 Å². The first kappa shape index (κ1) is 16.6. The molecule has 23 heavy (non-hydrogen) atoms. The SMILES string of the molecule is CC(C)C(=O)NCCNC(=O)c1ccc(-c2cncnc2)cc1. The van der Waals surface area contributed by atoms with Crippen LogP contribution in [0, 0.1) is 5.92 Å². The Bertz CT molecular complexity index is 654. The van der Waals surface area contributed by atoms with Crippen LogP contribution in [0.15, 0.2) is 43.0 Å². The van der Waals surface area contributed by atoms with Crippen LogP contribution in [-0.4, -0.2) is 34.9 Å². The molecule has 2 N–H and O–H groups in total. The van der Waals surface area contributed by atoms with Gasteiger partial charge >= 0.3 is 0 Å². The molecule has 0 saturated carbocycles.